The van der Waals surface area contributed by atoms with Crippen molar-refractivity contribution < 1.29 is 14.3 Å². The third-order valence-electron chi connectivity index (χ3n) is 2.53. The van der Waals surface area contributed by atoms with Crippen LogP contribution in [0.3, 0.4) is 0 Å². The van der Waals surface area contributed by atoms with Crippen LogP contribution in [-0.4, -0.2) is 11.9 Å². The van der Waals surface area contributed by atoms with Gasteiger partial charge in [-0.05, 0) is 11.8 Å². The van der Waals surface area contributed by atoms with Gasteiger partial charge in [0.1, 0.15) is 0 Å². The normalized spacial score (nSPS) is 22.2. The first-order chi connectivity index (χ1) is 5.63. The van der Waals surface area contributed by atoms with Gasteiger partial charge in [0.2, 0.25) is 0 Å². The predicted molar refractivity (Wildman–Crippen MR) is 43.3 cm³/mol. The van der Waals surface area contributed by atoms with Gasteiger partial charge in [0.25, 0.3) is 0 Å². The minimum absolute atomic E-state index is 0.198. The van der Waals surface area contributed by atoms with Crippen LogP contribution in [0, 0.1) is 11.8 Å². The lowest BCUT2D eigenvalue weighted by Gasteiger charge is -2.24. The zero-order chi connectivity index (χ0) is 9.14. The van der Waals surface area contributed by atoms with E-state index in [-0.39, 0.29) is 17.9 Å². The van der Waals surface area contributed by atoms with Crippen molar-refractivity contribution in [1.82, 2.24) is 0 Å². The molecule has 3 heteroatoms. The number of carbonyl (C=O) groups excluding carboxylic acids is 2. The van der Waals surface area contributed by atoms with E-state index in [0.29, 0.717) is 18.8 Å². The molecule has 0 spiro atoms. The fourth-order valence-corrected chi connectivity index (χ4v) is 1.45. The summed E-state index contributed by atoms with van der Waals surface area (Å²) in [5.41, 5.74) is 0. The number of hydrogen-bond donors (Lipinski definition) is 0. The molecule has 1 aliphatic heterocycles. The summed E-state index contributed by atoms with van der Waals surface area (Å²) in [6.07, 6.45) is 1.81. The minimum Gasteiger partial charge on any atom is -0.393 e. The van der Waals surface area contributed by atoms with E-state index in [1.165, 1.54) is 0 Å². The predicted octanol–water partition coefficient (Wildman–Crippen LogP) is 1.51. The van der Waals surface area contributed by atoms with Crippen molar-refractivity contribution in [2.24, 2.45) is 11.8 Å². The van der Waals surface area contributed by atoms with E-state index >= 15 is 0 Å². The Morgan fingerprint density at radius 2 is 1.92 bits per heavy atom. The van der Waals surface area contributed by atoms with Crippen LogP contribution in [0.4, 0.5) is 0 Å². The van der Waals surface area contributed by atoms with Gasteiger partial charge in [-0.2, -0.15) is 0 Å². The van der Waals surface area contributed by atoms with Crippen LogP contribution in [0.5, 0.6) is 0 Å². The quantitative estimate of drug-likeness (QED) is 0.466. The summed E-state index contributed by atoms with van der Waals surface area (Å²) >= 11 is 0. The SMILES string of the molecule is CCC(C)C1CC(=O)OC(=O)C1. The van der Waals surface area contributed by atoms with Crippen LogP contribution in [0.1, 0.15) is 33.1 Å². The average Bonchev–Trinajstić information content (AvgIpc) is 2.01. The first kappa shape index (κ1) is 9.23. The van der Waals surface area contributed by atoms with Crippen LogP contribution in [-0.2, 0) is 14.3 Å². The van der Waals surface area contributed by atoms with Crippen LogP contribution in [0.25, 0.3) is 0 Å². The van der Waals surface area contributed by atoms with Crippen molar-refractivity contribution >= 4 is 11.9 Å². The summed E-state index contributed by atoms with van der Waals surface area (Å²) < 4.78 is 4.43. The van der Waals surface area contributed by atoms with Crippen molar-refractivity contribution in [1.29, 1.82) is 0 Å². The molecule has 3 nitrogen and oxygen atoms in total. The van der Waals surface area contributed by atoms with Gasteiger partial charge in [0.05, 0.1) is 0 Å². The highest BCUT2D eigenvalue weighted by Crippen LogP contribution is 2.26. The fourth-order valence-electron chi connectivity index (χ4n) is 1.45. The molecule has 1 saturated heterocycles. The smallest absolute Gasteiger partial charge is 0.313 e. The molecule has 1 unspecified atom stereocenters. The van der Waals surface area contributed by atoms with Crippen LogP contribution in [0.2, 0.25) is 0 Å². The Morgan fingerprint density at radius 1 is 1.42 bits per heavy atom. The van der Waals surface area contributed by atoms with Gasteiger partial charge < -0.3 is 4.74 Å². The minimum atomic E-state index is -0.364. The lowest BCUT2D eigenvalue weighted by Crippen LogP contribution is -2.28. The van der Waals surface area contributed by atoms with Gasteiger partial charge in [-0.3, -0.25) is 9.59 Å². The average molecular weight is 170 g/mol. The lowest BCUT2D eigenvalue weighted by atomic mass is 9.85. The summed E-state index contributed by atoms with van der Waals surface area (Å²) in [6.45, 7) is 4.13. The van der Waals surface area contributed by atoms with E-state index in [9.17, 15) is 9.59 Å². The lowest BCUT2D eigenvalue weighted by molar-refractivity contribution is -0.166. The molecule has 1 rings (SSSR count). The molecule has 12 heavy (non-hydrogen) atoms. The van der Waals surface area contributed by atoms with Gasteiger partial charge in [0.15, 0.2) is 0 Å². The Bertz CT molecular complexity index is 182. The van der Waals surface area contributed by atoms with E-state index in [4.69, 9.17) is 0 Å². The molecule has 0 aromatic rings. The fraction of sp³-hybridized carbons (Fsp3) is 0.778. The Kier molecular flexibility index (Phi) is 2.84. The van der Waals surface area contributed by atoms with Crippen molar-refractivity contribution in [2.75, 3.05) is 0 Å². The maximum atomic E-state index is 10.9. The molecular weight excluding hydrogens is 156 g/mol. The molecule has 1 atom stereocenters. The van der Waals surface area contributed by atoms with Crippen molar-refractivity contribution in [3.63, 3.8) is 0 Å². The van der Waals surface area contributed by atoms with E-state index in [1.54, 1.807) is 0 Å². The number of esters is 2. The maximum Gasteiger partial charge on any atom is 0.313 e. The zero-order valence-corrected chi connectivity index (χ0v) is 7.50. The van der Waals surface area contributed by atoms with Crippen molar-refractivity contribution in [3.05, 3.63) is 0 Å². The van der Waals surface area contributed by atoms with Gasteiger partial charge >= 0.3 is 11.9 Å². The standard InChI is InChI=1S/C9H14O3/c1-3-6(2)7-4-8(10)12-9(11)5-7/h6-7H,3-5H2,1-2H3. The maximum absolute atomic E-state index is 10.9. The highest BCUT2D eigenvalue weighted by Gasteiger charge is 2.29. The van der Waals surface area contributed by atoms with E-state index in [1.807, 2.05) is 0 Å². The second kappa shape index (κ2) is 3.70. The third-order valence-corrected chi connectivity index (χ3v) is 2.53. The summed E-state index contributed by atoms with van der Waals surface area (Å²) in [6, 6.07) is 0. The Hall–Kier alpha value is -0.860. The highest BCUT2D eigenvalue weighted by molar-refractivity contribution is 5.88. The number of ether oxygens (including phenoxy) is 1. The largest absolute Gasteiger partial charge is 0.393 e. The molecule has 68 valence electrons. The number of hydrogen-bond acceptors (Lipinski definition) is 3. The summed E-state index contributed by atoms with van der Waals surface area (Å²) in [5.74, 6) is -0.0985. The van der Waals surface area contributed by atoms with Gasteiger partial charge in [-0.25, -0.2) is 0 Å². The van der Waals surface area contributed by atoms with Gasteiger partial charge in [0, 0.05) is 12.8 Å². The third kappa shape index (κ3) is 2.06. The van der Waals surface area contributed by atoms with E-state index in [0.717, 1.165) is 6.42 Å². The molecule has 0 aliphatic carbocycles. The number of carbonyl (C=O) groups is 2. The van der Waals surface area contributed by atoms with Gasteiger partial charge in [-0.1, -0.05) is 20.3 Å². The number of cyclic esters (lactones) is 2. The Labute approximate surface area is 72.1 Å². The summed E-state index contributed by atoms with van der Waals surface area (Å²) in [7, 11) is 0. The summed E-state index contributed by atoms with van der Waals surface area (Å²) in [4.78, 5) is 21.7. The zero-order valence-electron chi connectivity index (χ0n) is 7.50. The second-order valence-corrected chi connectivity index (χ2v) is 3.40. The molecule has 0 radical (unpaired) electrons. The molecule has 0 N–H and O–H groups in total. The topological polar surface area (TPSA) is 43.4 Å². The monoisotopic (exact) mass is 170 g/mol. The highest BCUT2D eigenvalue weighted by atomic mass is 16.6. The Morgan fingerprint density at radius 3 is 2.33 bits per heavy atom. The number of rotatable bonds is 2. The van der Waals surface area contributed by atoms with Crippen molar-refractivity contribution in [2.45, 2.75) is 33.1 Å². The molecule has 1 aliphatic rings. The van der Waals surface area contributed by atoms with E-state index < -0.39 is 0 Å². The second-order valence-electron chi connectivity index (χ2n) is 3.40. The van der Waals surface area contributed by atoms with Crippen LogP contribution >= 0.6 is 0 Å². The first-order valence-electron chi connectivity index (χ1n) is 4.37. The molecule has 1 heterocycles. The molecule has 1 fully saturated rings. The van der Waals surface area contributed by atoms with Gasteiger partial charge in [-0.15, -0.1) is 0 Å². The van der Waals surface area contributed by atoms with Crippen LogP contribution in [0.15, 0.2) is 0 Å². The van der Waals surface area contributed by atoms with Crippen LogP contribution < -0.4 is 0 Å². The molecule has 0 saturated carbocycles. The molecule has 0 amide bonds. The molecular formula is C9H14O3. The molecule has 0 bridgehead atoms. The van der Waals surface area contributed by atoms with E-state index in [2.05, 4.69) is 18.6 Å². The Balaban J connectivity index is 2.55. The molecule has 0 aromatic carbocycles. The first-order valence-corrected chi connectivity index (χ1v) is 4.37. The molecule has 0 aromatic heterocycles. The summed E-state index contributed by atoms with van der Waals surface area (Å²) in [5, 5.41) is 0. The van der Waals surface area contributed by atoms with Crippen molar-refractivity contribution in [3.8, 4) is 0 Å².